The van der Waals surface area contributed by atoms with Gasteiger partial charge in [0.25, 0.3) is 0 Å². The number of rotatable bonds is 4. The Labute approximate surface area is 96.3 Å². The lowest BCUT2D eigenvalue weighted by atomic mass is 10.1. The average Bonchev–Trinajstić information content (AvgIpc) is 2.13. The fraction of sp³-hybridized carbons (Fsp3) is 0.545. The Bertz CT molecular complexity index is 278. The number of allylic oxidation sites excluding steroid dienone is 2. The summed E-state index contributed by atoms with van der Waals surface area (Å²) in [6, 6.07) is 0.286. The van der Waals surface area contributed by atoms with Crippen molar-refractivity contribution in [1.29, 1.82) is 0 Å². The zero-order valence-corrected chi connectivity index (χ0v) is 9.87. The fourth-order valence-electron chi connectivity index (χ4n) is 1.49. The van der Waals surface area contributed by atoms with Gasteiger partial charge in [-0.1, -0.05) is 31.2 Å². The van der Waals surface area contributed by atoms with Crippen LogP contribution >= 0.6 is 11.6 Å². The molecule has 0 aliphatic carbocycles. The van der Waals surface area contributed by atoms with Crippen molar-refractivity contribution >= 4 is 17.4 Å². The van der Waals surface area contributed by atoms with Gasteiger partial charge in [0.15, 0.2) is 0 Å². The van der Waals surface area contributed by atoms with Gasteiger partial charge in [0.05, 0.1) is 0 Å². The van der Waals surface area contributed by atoms with E-state index in [1.807, 2.05) is 0 Å². The van der Waals surface area contributed by atoms with E-state index >= 15 is 0 Å². The second-order valence-electron chi connectivity index (χ2n) is 3.67. The number of likely N-dealkylation sites (tertiary alicyclic amines) is 1. The summed E-state index contributed by atoms with van der Waals surface area (Å²) in [4.78, 5) is 6.53. The number of hydrogen-bond acceptors (Lipinski definition) is 2. The average molecular weight is 228 g/mol. The molecule has 0 aromatic heterocycles. The smallest absolute Gasteiger partial charge is 0.131 e. The zero-order chi connectivity index (χ0) is 11.3. The Kier molecular flexibility index (Phi) is 4.85. The van der Waals surface area contributed by atoms with Crippen molar-refractivity contribution in [1.82, 2.24) is 4.90 Å². The van der Waals surface area contributed by atoms with Crippen molar-refractivity contribution in [3.05, 3.63) is 23.9 Å². The second-order valence-corrected chi connectivity index (χ2v) is 4.06. The van der Waals surface area contributed by atoms with Crippen LogP contribution in [0.15, 0.2) is 28.9 Å². The van der Waals surface area contributed by atoms with E-state index in [0.717, 1.165) is 31.8 Å². The van der Waals surface area contributed by atoms with Crippen LogP contribution in [0.3, 0.4) is 0 Å². The number of halogens is 1. The highest BCUT2D eigenvalue weighted by Crippen LogP contribution is 2.14. The summed E-state index contributed by atoms with van der Waals surface area (Å²) in [5, 5.41) is 0.480. The van der Waals surface area contributed by atoms with Crippen molar-refractivity contribution in [2.75, 3.05) is 13.1 Å². The highest BCUT2D eigenvalue weighted by molar-refractivity contribution is 6.30. The van der Waals surface area contributed by atoms with Crippen LogP contribution in [0.4, 0.5) is 0 Å². The molecule has 0 atom stereocenters. The van der Waals surface area contributed by atoms with E-state index in [2.05, 4.69) is 23.4 Å². The lowest BCUT2D eigenvalue weighted by molar-refractivity contribution is 0.249. The van der Waals surface area contributed by atoms with Crippen LogP contribution in [0.2, 0.25) is 0 Å². The molecule has 4 heteroatoms. The van der Waals surface area contributed by atoms with Gasteiger partial charge in [0, 0.05) is 25.6 Å². The van der Waals surface area contributed by atoms with E-state index in [-0.39, 0.29) is 6.04 Å². The predicted octanol–water partition coefficient (Wildman–Crippen LogP) is 2.09. The number of nitrogens with zero attached hydrogens (tertiary/aromatic N) is 2. The van der Waals surface area contributed by atoms with Crippen LogP contribution < -0.4 is 5.73 Å². The number of hydrogen-bond donors (Lipinski definition) is 1. The molecule has 3 nitrogen and oxygen atoms in total. The summed E-state index contributed by atoms with van der Waals surface area (Å²) >= 11 is 5.92. The molecule has 0 unspecified atom stereocenters. The summed E-state index contributed by atoms with van der Waals surface area (Å²) in [5.41, 5.74) is 5.73. The maximum atomic E-state index is 5.92. The van der Waals surface area contributed by atoms with Crippen LogP contribution in [0, 0.1) is 0 Å². The molecule has 1 heterocycles. The molecule has 0 amide bonds. The summed E-state index contributed by atoms with van der Waals surface area (Å²) < 4.78 is 0. The van der Waals surface area contributed by atoms with E-state index in [0.29, 0.717) is 5.16 Å². The molecule has 0 spiro atoms. The van der Waals surface area contributed by atoms with Crippen LogP contribution in [0.25, 0.3) is 0 Å². The molecular formula is C11H18ClN3. The van der Waals surface area contributed by atoms with Crippen molar-refractivity contribution in [2.24, 2.45) is 10.7 Å². The van der Waals surface area contributed by atoms with Gasteiger partial charge in [-0.2, -0.15) is 0 Å². The maximum Gasteiger partial charge on any atom is 0.131 e. The lowest BCUT2D eigenvalue weighted by Crippen LogP contribution is -2.57. The van der Waals surface area contributed by atoms with Gasteiger partial charge in [-0.05, 0) is 12.5 Å². The maximum absolute atomic E-state index is 5.92. The van der Waals surface area contributed by atoms with Crippen LogP contribution in [-0.4, -0.2) is 29.9 Å². The molecule has 15 heavy (non-hydrogen) atoms. The molecule has 0 saturated carbocycles. The standard InChI is InChI=1S/C11H18ClN3/c1-3-5-10(12)14-11(6-4-2)15-7-9(13)8-15/h3,5,9H,1,4,6-8,13H2,2H3/b10-5-,14-11+. The van der Waals surface area contributed by atoms with Crippen molar-refractivity contribution in [2.45, 2.75) is 25.8 Å². The Balaban J connectivity index is 2.64. The van der Waals surface area contributed by atoms with Crippen molar-refractivity contribution in [3.63, 3.8) is 0 Å². The summed E-state index contributed by atoms with van der Waals surface area (Å²) in [6.45, 7) is 7.48. The molecule has 1 aliphatic heterocycles. The SMILES string of the molecule is C=C/C=C(Cl)\N=C(/CCC)N1CC(N)C1. The predicted molar refractivity (Wildman–Crippen MR) is 66.0 cm³/mol. The molecule has 1 rings (SSSR count). The fourth-order valence-corrected chi connectivity index (χ4v) is 1.68. The molecule has 1 aliphatic rings. The van der Waals surface area contributed by atoms with Gasteiger partial charge < -0.3 is 10.6 Å². The van der Waals surface area contributed by atoms with Gasteiger partial charge >= 0.3 is 0 Å². The largest absolute Gasteiger partial charge is 0.357 e. The Morgan fingerprint density at radius 3 is 2.80 bits per heavy atom. The molecule has 0 radical (unpaired) electrons. The third-order valence-electron chi connectivity index (χ3n) is 2.24. The van der Waals surface area contributed by atoms with E-state index in [1.165, 1.54) is 0 Å². The number of nitrogens with two attached hydrogens (primary N) is 1. The normalized spacial score (nSPS) is 19.0. The molecule has 0 aromatic carbocycles. The van der Waals surface area contributed by atoms with Crippen LogP contribution in [0.5, 0.6) is 0 Å². The Morgan fingerprint density at radius 1 is 1.67 bits per heavy atom. The third kappa shape index (κ3) is 3.68. The van der Waals surface area contributed by atoms with Gasteiger partial charge in [-0.15, -0.1) is 0 Å². The van der Waals surface area contributed by atoms with E-state index in [4.69, 9.17) is 17.3 Å². The molecule has 0 aromatic rings. The lowest BCUT2D eigenvalue weighted by Gasteiger charge is -2.39. The Hall–Kier alpha value is -0.800. The minimum absolute atomic E-state index is 0.286. The van der Waals surface area contributed by atoms with Gasteiger partial charge in [-0.3, -0.25) is 0 Å². The first-order valence-corrected chi connectivity index (χ1v) is 5.61. The van der Waals surface area contributed by atoms with Gasteiger partial charge in [-0.25, -0.2) is 4.99 Å². The van der Waals surface area contributed by atoms with E-state index in [9.17, 15) is 0 Å². The molecule has 1 fully saturated rings. The first kappa shape index (κ1) is 12.3. The first-order chi connectivity index (χ1) is 7.17. The van der Waals surface area contributed by atoms with Crippen LogP contribution in [-0.2, 0) is 0 Å². The second kappa shape index (κ2) is 5.93. The molecular weight excluding hydrogens is 210 g/mol. The summed E-state index contributed by atoms with van der Waals surface area (Å²) in [5.74, 6) is 1.03. The number of aliphatic imine (C=N–C) groups is 1. The minimum Gasteiger partial charge on any atom is -0.357 e. The van der Waals surface area contributed by atoms with Gasteiger partial charge in [0.2, 0.25) is 0 Å². The summed E-state index contributed by atoms with van der Waals surface area (Å²) in [7, 11) is 0. The highest BCUT2D eigenvalue weighted by atomic mass is 35.5. The number of amidine groups is 1. The van der Waals surface area contributed by atoms with Gasteiger partial charge in [0.1, 0.15) is 11.0 Å². The Morgan fingerprint density at radius 2 is 2.33 bits per heavy atom. The molecule has 1 saturated heterocycles. The van der Waals surface area contributed by atoms with Crippen LogP contribution in [0.1, 0.15) is 19.8 Å². The van der Waals surface area contributed by atoms with E-state index in [1.54, 1.807) is 12.2 Å². The monoisotopic (exact) mass is 227 g/mol. The zero-order valence-electron chi connectivity index (χ0n) is 9.12. The summed E-state index contributed by atoms with van der Waals surface area (Å²) in [6.07, 6.45) is 5.32. The first-order valence-electron chi connectivity index (χ1n) is 5.23. The molecule has 0 bridgehead atoms. The van der Waals surface area contributed by atoms with E-state index < -0.39 is 0 Å². The topological polar surface area (TPSA) is 41.6 Å². The van der Waals surface area contributed by atoms with Crippen molar-refractivity contribution < 1.29 is 0 Å². The minimum atomic E-state index is 0.286. The quantitative estimate of drug-likeness (QED) is 0.346. The molecule has 2 N–H and O–H groups in total. The third-order valence-corrected chi connectivity index (χ3v) is 2.45. The van der Waals surface area contributed by atoms with Crippen molar-refractivity contribution in [3.8, 4) is 0 Å². The highest BCUT2D eigenvalue weighted by Gasteiger charge is 2.25. The molecule has 84 valence electrons.